The Hall–Kier alpha value is -2.46. The van der Waals surface area contributed by atoms with Gasteiger partial charge in [-0.05, 0) is 29.8 Å². The summed E-state index contributed by atoms with van der Waals surface area (Å²) in [5, 5.41) is 0. The minimum atomic E-state index is 0.454. The van der Waals surface area contributed by atoms with Crippen LogP contribution in [0.25, 0.3) is 0 Å². The van der Waals surface area contributed by atoms with Gasteiger partial charge in [-0.15, -0.1) is 0 Å². The molecule has 2 rings (SSSR count). The molecule has 0 saturated heterocycles. The van der Waals surface area contributed by atoms with E-state index in [0.717, 1.165) is 22.7 Å². The van der Waals surface area contributed by atoms with Crippen LogP contribution in [-0.4, -0.2) is 13.7 Å². The van der Waals surface area contributed by atoms with E-state index in [2.05, 4.69) is 17.4 Å². The van der Waals surface area contributed by atoms with Gasteiger partial charge in [-0.2, -0.15) is 0 Å². The molecule has 0 radical (unpaired) electrons. The highest BCUT2D eigenvalue weighted by atomic mass is 16.5. The number of hydrazine groups is 1. The fourth-order valence-electron chi connectivity index (χ4n) is 1.86. The maximum absolute atomic E-state index is 5.59. The van der Waals surface area contributed by atoms with E-state index in [1.807, 2.05) is 48.5 Å². The van der Waals surface area contributed by atoms with E-state index in [0.29, 0.717) is 13.2 Å². The summed E-state index contributed by atoms with van der Waals surface area (Å²) in [5.41, 5.74) is 8.44. The van der Waals surface area contributed by atoms with Gasteiger partial charge in [0.1, 0.15) is 6.61 Å². The van der Waals surface area contributed by atoms with Gasteiger partial charge in [0, 0.05) is 12.2 Å². The van der Waals surface area contributed by atoms with Gasteiger partial charge in [0.15, 0.2) is 11.5 Å². The van der Waals surface area contributed by atoms with Gasteiger partial charge in [-0.3, -0.25) is 0 Å². The molecule has 0 aromatic heterocycles. The van der Waals surface area contributed by atoms with E-state index in [9.17, 15) is 0 Å². The summed E-state index contributed by atoms with van der Waals surface area (Å²) in [6.07, 6.45) is 1.71. The summed E-state index contributed by atoms with van der Waals surface area (Å²) >= 11 is 0. The maximum atomic E-state index is 5.59. The summed E-state index contributed by atoms with van der Waals surface area (Å²) in [7, 11) is 1.63. The molecular weight excluding hydrogens is 264 g/mol. The van der Waals surface area contributed by atoms with Gasteiger partial charge in [0.25, 0.3) is 0 Å². The number of nitrogens with one attached hydrogen (secondary N) is 2. The third-order valence-electron chi connectivity index (χ3n) is 2.88. The average molecular weight is 284 g/mol. The number of rotatable bonds is 8. The van der Waals surface area contributed by atoms with Crippen molar-refractivity contribution in [2.75, 3.05) is 19.1 Å². The van der Waals surface area contributed by atoms with Crippen molar-refractivity contribution in [3.8, 4) is 11.5 Å². The van der Waals surface area contributed by atoms with E-state index in [1.165, 1.54) is 0 Å². The lowest BCUT2D eigenvalue weighted by atomic mass is 10.2. The van der Waals surface area contributed by atoms with Crippen LogP contribution in [-0.2, 0) is 6.54 Å². The van der Waals surface area contributed by atoms with Crippen molar-refractivity contribution < 1.29 is 9.47 Å². The molecule has 0 amide bonds. The third kappa shape index (κ3) is 4.54. The Morgan fingerprint density at radius 3 is 2.62 bits per heavy atom. The lowest BCUT2D eigenvalue weighted by molar-refractivity contribution is 0.326. The fourth-order valence-corrected chi connectivity index (χ4v) is 1.86. The second-order valence-corrected chi connectivity index (χ2v) is 4.43. The molecule has 0 aliphatic carbocycles. The zero-order chi connectivity index (χ0) is 14.9. The van der Waals surface area contributed by atoms with Gasteiger partial charge >= 0.3 is 0 Å². The number of ether oxygens (including phenoxy) is 2. The zero-order valence-electron chi connectivity index (χ0n) is 12.1. The molecule has 21 heavy (non-hydrogen) atoms. The van der Waals surface area contributed by atoms with E-state index in [-0.39, 0.29) is 0 Å². The predicted octanol–water partition coefficient (Wildman–Crippen LogP) is 3.38. The predicted molar refractivity (Wildman–Crippen MR) is 85.6 cm³/mol. The summed E-state index contributed by atoms with van der Waals surface area (Å²) in [4.78, 5) is 0. The molecule has 0 aliphatic rings. The highest BCUT2D eigenvalue weighted by Crippen LogP contribution is 2.28. The highest BCUT2D eigenvalue weighted by molar-refractivity contribution is 5.44. The van der Waals surface area contributed by atoms with Crippen LogP contribution in [0.5, 0.6) is 11.5 Å². The Bertz CT molecular complexity index is 570. The molecule has 0 unspecified atom stereocenters. The average Bonchev–Trinajstić information content (AvgIpc) is 2.54. The summed E-state index contributed by atoms with van der Waals surface area (Å²) in [6.45, 7) is 4.77. The minimum Gasteiger partial charge on any atom is -0.493 e. The maximum Gasteiger partial charge on any atom is 0.161 e. The normalized spacial score (nSPS) is 9.95. The largest absolute Gasteiger partial charge is 0.493 e. The van der Waals surface area contributed by atoms with Gasteiger partial charge in [-0.25, -0.2) is 5.43 Å². The molecule has 2 aromatic rings. The molecule has 2 N–H and O–H groups in total. The van der Waals surface area contributed by atoms with Crippen LogP contribution < -0.4 is 20.3 Å². The van der Waals surface area contributed by atoms with E-state index in [4.69, 9.17) is 9.47 Å². The highest BCUT2D eigenvalue weighted by Gasteiger charge is 2.05. The van der Waals surface area contributed by atoms with Crippen LogP contribution >= 0.6 is 0 Å². The van der Waals surface area contributed by atoms with E-state index in [1.54, 1.807) is 13.2 Å². The van der Waals surface area contributed by atoms with Crippen molar-refractivity contribution in [1.82, 2.24) is 5.43 Å². The van der Waals surface area contributed by atoms with Crippen molar-refractivity contribution in [3.63, 3.8) is 0 Å². The van der Waals surface area contributed by atoms with Gasteiger partial charge in [0.05, 0.1) is 7.11 Å². The number of hydrogen-bond acceptors (Lipinski definition) is 4. The number of para-hydroxylation sites is 1. The van der Waals surface area contributed by atoms with Gasteiger partial charge in [0.2, 0.25) is 0 Å². The topological polar surface area (TPSA) is 42.5 Å². The van der Waals surface area contributed by atoms with Crippen molar-refractivity contribution in [2.24, 2.45) is 0 Å². The minimum absolute atomic E-state index is 0.454. The Morgan fingerprint density at radius 1 is 1.10 bits per heavy atom. The van der Waals surface area contributed by atoms with Crippen LogP contribution in [0.1, 0.15) is 5.56 Å². The van der Waals surface area contributed by atoms with E-state index >= 15 is 0 Å². The first-order chi connectivity index (χ1) is 10.3. The van der Waals surface area contributed by atoms with Crippen LogP contribution in [0.4, 0.5) is 5.69 Å². The van der Waals surface area contributed by atoms with Crippen molar-refractivity contribution >= 4 is 5.69 Å². The summed E-state index contributed by atoms with van der Waals surface area (Å²) < 4.78 is 10.9. The SMILES string of the molecule is C=CCOc1cc(CNNc2ccccc2)ccc1OC. The van der Waals surface area contributed by atoms with Crippen molar-refractivity contribution in [1.29, 1.82) is 0 Å². The van der Waals surface area contributed by atoms with Crippen LogP contribution in [0.2, 0.25) is 0 Å². The first-order valence-electron chi connectivity index (χ1n) is 6.78. The van der Waals surface area contributed by atoms with Gasteiger partial charge < -0.3 is 14.9 Å². The molecule has 110 valence electrons. The molecule has 0 saturated carbocycles. The Labute approximate surface area is 125 Å². The molecule has 0 aliphatic heterocycles. The Kier molecular flexibility index (Phi) is 5.67. The van der Waals surface area contributed by atoms with E-state index < -0.39 is 0 Å². The molecule has 0 spiro atoms. The van der Waals surface area contributed by atoms with Crippen LogP contribution in [0, 0.1) is 0 Å². The van der Waals surface area contributed by atoms with Crippen molar-refractivity contribution in [2.45, 2.75) is 6.54 Å². The number of benzene rings is 2. The fraction of sp³-hybridized carbons (Fsp3) is 0.176. The smallest absolute Gasteiger partial charge is 0.161 e. The second kappa shape index (κ2) is 7.97. The molecule has 2 aromatic carbocycles. The summed E-state index contributed by atoms with van der Waals surface area (Å²) in [5.74, 6) is 1.44. The lowest BCUT2D eigenvalue weighted by Crippen LogP contribution is -2.20. The molecule has 4 heteroatoms. The second-order valence-electron chi connectivity index (χ2n) is 4.43. The summed E-state index contributed by atoms with van der Waals surface area (Å²) in [6, 6.07) is 15.8. The number of methoxy groups -OCH3 is 1. The number of hydrogen-bond donors (Lipinski definition) is 2. The molecular formula is C17H20N2O2. The Morgan fingerprint density at radius 2 is 1.90 bits per heavy atom. The third-order valence-corrected chi connectivity index (χ3v) is 2.88. The zero-order valence-corrected chi connectivity index (χ0v) is 12.1. The van der Waals surface area contributed by atoms with Gasteiger partial charge in [-0.1, -0.05) is 36.9 Å². The first-order valence-corrected chi connectivity index (χ1v) is 6.78. The molecule has 0 heterocycles. The van der Waals surface area contributed by atoms with Crippen LogP contribution in [0.3, 0.4) is 0 Å². The molecule has 0 atom stereocenters. The lowest BCUT2D eigenvalue weighted by Gasteiger charge is -2.12. The molecule has 4 nitrogen and oxygen atoms in total. The van der Waals surface area contributed by atoms with Crippen molar-refractivity contribution in [3.05, 3.63) is 66.7 Å². The monoisotopic (exact) mass is 284 g/mol. The Balaban J connectivity index is 1.95. The first kappa shape index (κ1) is 14.9. The quantitative estimate of drug-likeness (QED) is 0.576. The number of anilines is 1. The standard InChI is InChI=1S/C17H20N2O2/c1-3-11-21-17-12-14(9-10-16(17)20-2)13-18-19-15-7-5-4-6-8-15/h3-10,12,18-19H,1,11,13H2,2H3. The van der Waals surface area contributed by atoms with Crippen LogP contribution in [0.15, 0.2) is 61.2 Å². The molecule has 0 bridgehead atoms. The molecule has 0 fully saturated rings.